The number of aryl methyl sites for hydroxylation is 4. The molecule has 0 aliphatic rings. The van der Waals surface area contributed by atoms with Gasteiger partial charge in [0.25, 0.3) is 23.6 Å². The number of ether oxygens (including phenoxy) is 8. The van der Waals surface area contributed by atoms with Crippen LogP contribution in [0, 0.1) is 27.7 Å². The molecule has 16 aromatic rings. The summed E-state index contributed by atoms with van der Waals surface area (Å²) in [5.74, 6) is 0.656. The minimum Gasteiger partial charge on any atom is -0.497 e. The van der Waals surface area contributed by atoms with Gasteiger partial charge in [-0.2, -0.15) is 44.4 Å². The van der Waals surface area contributed by atoms with Gasteiger partial charge in [-0.15, -0.1) is 52.7 Å². The van der Waals surface area contributed by atoms with Gasteiger partial charge in [-0.05, 0) is 210 Å². The molecule has 0 N–H and O–H groups in total. The second-order valence-electron chi connectivity index (χ2n) is 27.2. The van der Waals surface area contributed by atoms with Gasteiger partial charge in [0.1, 0.15) is 46.0 Å². The summed E-state index contributed by atoms with van der Waals surface area (Å²) >= 11 is 1.60. The van der Waals surface area contributed by atoms with Crippen molar-refractivity contribution in [2.45, 2.75) is 59.3 Å². The average Bonchev–Trinajstić information content (AvgIpc) is 1.78. The van der Waals surface area contributed by atoms with Crippen LogP contribution in [0.5, 0.6) is 46.0 Å². The van der Waals surface area contributed by atoms with Gasteiger partial charge in [-0.1, -0.05) is 130 Å². The van der Waals surface area contributed by atoms with E-state index in [0.29, 0.717) is 50.8 Å². The Morgan fingerprint density at radius 2 is 0.543 bits per heavy atom. The van der Waals surface area contributed by atoms with E-state index in [1.165, 1.54) is 84.9 Å². The van der Waals surface area contributed by atoms with Crippen LogP contribution in [0.4, 0.5) is 65.9 Å². The molecule has 0 bridgehead atoms. The number of nitrogens with zero attached hydrogens (tertiary/aromatic N) is 8. The summed E-state index contributed by atoms with van der Waals surface area (Å²) in [4.78, 5) is 16.8. The van der Waals surface area contributed by atoms with E-state index in [4.69, 9.17) is 37.0 Å². The number of methoxy groups -OCH3 is 4. The Bertz CT molecular complexity index is 6540. The second kappa shape index (κ2) is 38.0. The number of alkyl halides is 15. The molecule has 0 fully saturated rings. The summed E-state index contributed by atoms with van der Waals surface area (Å²) < 4.78 is 253. The highest BCUT2D eigenvalue weighted by atomic mass is 32.1. The van der Waals surface area contributed by atoms with Crippen LogP contribution in [0.3, 0.4) is 0 Å². The van der Waals surface area contributed by atoms with Crippen molar-refractivity contribution in [3.63, 3.8) is 0 Å². The highest BCUT2D eigenvalue weighted by Crippen LogP contribution is 2.46. The van der Waals surface area contributed by atoms with Crippen molar-refractivity contribution in [2.24, 2.45) is 0 Å². The van der Waals surface area contributed by atoms with Crippen LogP contribution < -0.4 is 37.9 Å². The first-order chi connectivity index (χ1) is 60.5. The largest absolute Gasteiger partial charge is 0.573 e. The Hall–Kier alpha value is -15.0. The third-order valence-corrected chi connectivity index (χ3v) is 19.6. The van der Waals surface area contributed by atoms with E-state index in [2.05, 4.69) is 59.5 Å². The van der Waals surface area contributed by atoms with E-state index in [9.17, 15) is 65.9 Å². The molecule has 16 rings (SSSR count). The van der Waals surface area contributed by atoms with Crippen molar-refractivity contribution in [3.8, 4) is 182 Å². The summed E-state index contributed by atoms with van der Waals surface area (Å²) in [7, 11) is 6.29. The smallest absolute Gasteiger partial charge is 0.497 e. The summed E-state index contributed by atoms with van der Waals surface area (Å²) in [6.45, 7) is 7.65. The monoisotopic (exact) mass is 1780 g/mol. The van der Waals surface area contributed by atoms with Crippen LogP contribution >= 0.6 is 11.3 Å². The number of rotatable bonds is 20. The molecule has 0 amide bonds. The summed E-state index contributed by atoms with van der Waals surface area (Å²) in [6, 6.07) is 62.0. The molecule has 0 aliphatic carbocycles. The van der Waals surface area contributed by atoms with Crippen LogP contribution in [0.15, 0.2) is 265 Å². The molecule has 20 nitrogen and oxygen atoms in total. The summed E-state index contributed by atoms with van der Waals surface area (Å²) in [5, 5.41) is 19.2. The summed E-state index contributed by atoms with van der Waals surface area (Å²) in [6.07, 6.45) is -24.1. The number of halogens is 15. The quantitative estimate of drug-likeness (QED) is 0.0646. The molecular formula is C91H65F15N8O12S. The van der Waals surface area contributed by atoms with Crippen molar-refractivity contribution < 1.29 is 122 Å². The number of hydrogen-bond acceptors (Lipinski definition) is 21. The maximum atomic E-state index is 13.9. The van der Waals surface area contributed by atoms with Crippen LogP contribution in [0.25, 0.3) is 136 Å². The third-order valence-electron chi connectivity index (χ3n) is 18.8. The van der Waals surface area contributed by atoms with E-state index in [0.717, 1.165) is 62.2 Å². The lowest BCUT2D eigenvalue weighted by Crippen LogP contribution is -2.17. The molecule has 0 atom stereocenters. The van der Waals surface area contributed by atoms with Crippen LogP contribution in [-0.4, -0.2) is 94.5 Å². The fraction of sp³-hybridized carbons (Fsp3) is 0.143. The zero-order valence-corrected chi connectivity index (χ0v) is 68.0. The van der Waals surface area contributed by atoms with Crippen molar-refractivity contribution in [2.75, 3.05) is 28.4 Å². The molecule has 652 valence electrons. The lowest BCUT2D eigenvalue weighted by Gasteiger charge is -2.15. The van der Waals surface area contributed by atoms with Gasteiger partial charge in [0, 0.05) is 45.0 Å². The maximum Gasteiger partial charge on any atom is 0.573 e. The van der Waals surface area contributed by atoms with Gasteiger partial charge in [0.15, 0.2) is 0 Å². The van der Waals surface area contributed by atoms with E-state index in [-0.39, 0.29) is 80.2 Å². The van der Waals surface area contributed by atoms with Crippen LogP contribution in [0.1, 0.15) is 27.8 Å². The number of benzene rings is 11. The highest BCUT2D eigenvalue weighted by Gasteiger charge is 2.38. The van der Waals surface area contributed by atoms with Crippen LogP contribution in [-0.2, 0) is 6.18 Å². The molecule has 0 saturated carbocycles. The van der Waals surface area contributed by atoms with Gasteiger partial charge in [0.2, 0.25) is 23.3 Å². The molecule has 0 saturated heterocycles. The molecule has 5 aromatic heterocycles. The fourth-order valence-electron chi connectivity index (χ4n) is 13.0. The normalized spacial score (nSPS) is 11.6. The first-order valence-electron chi connectivity index (χ1n) is 37.4. The average molecular weight is 1780 g/mol. The number of para-hydroxylation sites is 4. The van der Waals surface area contributed by atoms with Crippen LogP contribution in [0.2, 0.25) is 0 Å². The highest BCUT2D eigenvalue weighted by molar-refractivity contribution is 7.08. The van der Waals surface area contributed by atoms with Gasteiger partial charge in [-0.25, -0.2) is 0 Å². The molecule has 127 heavy (non-hydrogen) atoms. The Labute approximate surface area is 715 Å². The molecule has 0 aliphatic heterocycles. The van der Waals surface area contributed by atoms with Crippen molar-refractivity contribution >= 4 is 11.3 Å². The minimum atomic E-state index is -4.95. The maximum absolute atomic E-state index is 13.9. The zero-order chi connectivity index (χ0) is 90.7. The zero-order valence-electron chi connectivity index (χ0n) is 67.2. The topological polar surface area (TPSA) is 230 Å². The minimum absolute atomic E-state index is 0.0107. The fourth-order valence-corrected chi connectivity index (χ4v) is 13.9. The Morgan fingerprint density at radius 3 is 0.866 bits per heavy atom. The van der Waals surface area contributed by atoms with Gasteiger partial charge >= 0.3 is 31.6 Å². The molecule has 0 radical (unpaired) electrons. The van der Waals surface area contributed by atoms with E-state index < -0.39 is 60.2 Å². The first-order valence-corrected chi connectivity index (χ1v) is 38.3. The van der Waals surface area contributed by atoms with Gasteiger partial charge in [-0.3, -0.25) is 0 Å². The molecule has 11 aromatic carbocycles. The Kier molecular flexibility index (Phi) is 26.9. The number of thiophene rings is 1. The van der Waals surface area contributed by atoms with Gasteiger partial charge in [0.05, 0.1) is 56.3 Å². The molecule has 0 unspecified atom stereocenters. The number of hydrogen-bond donors (Lipinski definition) is 0. The molecule has 5 heterocycles. The third kappa shape index (κ3) is 22.2. The second-order valence-corrected chi connectivity index (χ2v) is 27.9. The predicted molar refractivity (Wildman–Crippen MR) is 437 cm³/mol. The van der Waals surface area contributed by atoms with Crippen molar-refractivity contribution in [3.05, 3.63) is 275 Å². The van der Waals surface area contributed by atoms with Gasteiger partial charge < -0.3 is 56.0 Å². The van der Waals surface area contributed by atoms with E-state index >= 15 is 0 Å². The Morgan fingerprint density at radius 1 is 0.252 bits per heavy atom. The van der Waals surface area contributed by atoms with E-state index in [1.54, 1.807) is 126 Å². The van der Waals surface area contributed by atoms with Crippen molar-refractivity contribution in [1.29, 1.82) is 0 Å². The van der Waals surface area contributed by atoms with Crippen molar-refractivity contribution in [1.82, 2.24) is 40.6 Å². The molecular weight excluding hydrogens is 1710 g/mol. The molecule has 0 spiro atoms. The number of aromatic nitrogens is 8. The predicted octanol–water partition coefficient (Wildman–Crippen LogP) is 26.2. The first kappa shape index (κ1) is 89.8. The lowest BCUT2D eigenvalue weighted by atomic mass is 9.94. The standard InChI is InChI=1S/C24H19F3N2O4.C23H14F6N2O2.C23H17F3N2O3.C21H15F3N2O3S/c1-14-12-15(8-10-17(14)18-11-9-16(30-2)13-21(18)31-3)23-28-22(29-33-23)19-6-4-5-7-20(19)32-24(25,26)27;1-13-6-2-3-7-15(13)16-11-10-14(12-18(16)22(24,25)26)21-30-20(31-33-21)17-8-4-5-9-19(17)32-23(27,28)29;1-14-7-3-4-8-16(14)17-12-11-15(13-20(17)29-2)22-27-21(28-31-22)18-9-5-6-10-19(18)30-23(24,25)26;1-12-10-30-11-16(12)14-8-7-13(9-18(14)27-2)20-25-19(26-29-20)15-5-3-4-6-17(15)28-21(22,23)24/h4-13H,1-3H3;2-12H,1H3;3-13H,1-2H3;3-11H,1-2H3. The van der Waals surface area contributed by atoms with E-state index in [1.807, 2.05) is 92.2 Å². The Balaban J connectivity index is 0.000000145. The summed E-state index contributed by atoms with van der Waals surface area (Å²) in [5.41, 5.74) is 10.8. The molecule has 36 heteroatoms. The lowest BCUT2D eigenvalue weighted by molar-refractivity contribution is -0.275. The SMILES string of the molecule is COc1cc(-c2nc(-c3ccccc3OC(F)(F)F)no2)ccc1-c1ccccc1C.COc1cc(-c2nc(-c3ccccc3OC(F)(F)F)no2)ccc1-c1cscc1C.COc1ccc(-c2ccc(-c3nc(-c4ccccc4OC(F)(F)F)no3)cc2C)c(OC)c1.Cc1ccccc1-c1ccc(-c2nc(-c3ccccc3OC(F)(F)F)no2)cc1C(F)(F)F.